The van der Waals surface area contributed by atoms with Crippen LogP contribution in [0.25, 0.3) is 11.3 Å². The van der Waals surface area contributed by atoms with E-state index in [0.717, 1.165) is 15.7 Å². The Hall–Kier alpha value is -1.36. The van der Waals surface area contributed by atoms with Gasteiger partial charge in [0.25, 0.3) is 0 Å². The number of nitrogens with zero attached hydrogens (tertiary/aromatic N) is 1. The van der Waals surface area contributed by atoms with E-state index < -0.39 is 0 Å². The van der Waals surface area contributed by atoms with Crippen LogP contribution in [0.4, 0.5) is 0 Å². The van der Waals surface area contributed by atoms with Crippen molar-refractivity contribution in [1.29, 1.82) is 0 Å². The van der Waals surface area contributed by atoms with Gasteiger partial charge in [-0.05, 0) is 22.0 Å². The zero-order valence-electron chi connectivity index (χ0n) is 6.54. The zero-order chi connectivity index (χ0) is 9.26. The van der Waals surface area contributed by atoms with Gasteiger partial charge in [0.2, 0.25) is 0 Å². The maximum atomic E-state index is 10.8. The number of pyridine rings is 1. The number of H-pyrrole nitrogens is 2. The Morgan fingerprint density at radius 2 is 2.23 bits per heavy atom. The molecule has 2 N–H and O–H groups in total. The molecule has 0 aliphatic heterocycles. The van der Waals surface area contributed by atoms with Crippen LogP contribution < -0.4 is 5.69 Å². The van der Waals surface area contributed by atoms with Gasteiger partial charge in [-0.15, -0.1) is 0 Å². The third-order valence-corrected chi connectivity index (χ3v) is 2.05. The molecule has 0 bridgehead atoms. The maximum absolute atomic E-state index is 10.8. The van der Waals surface area contributed by atoms with Gasteiger partial charge in [-0.2, -0.15) is 0 Å². The number of rotatable bonds is 1. The predicted molar refractivity (Wildman–Crippen MR) is 52.3 cm³/mol. The van der Waals surface area contributed by atoms with Gasteiger partial charge in [0.05, 0.1) is 5.69 Å². The normalized spacial score (nSPS) is 10.2. The number of imidazole rings is 1. The molecule has 2 aromatic heterocycles. The van der Waals surface area contributed by atoms with Crippen molar-refractivity contribution in [1.82, 2.24) is 15.0 Å². The summed E-state index contributed by atoms with van der Waals surface area (Å²) in [5.41, 5.74) is 1.39. The molecule has 2 heterocycles. The molecule has 0 atom stereocenters. The minimum atomic E-state index is -0.213. The average molecular weight is 240 g/mol. The largest absolute Gasteiger partial charge is 0.323 e. The predicted octanol–water partition coefficient (Wildman–Crippen LogP) is 1.53. The summed E-state index contributed by atoms with van der Waals surface area (Å²) in [7, 11) is 0. The van der Waals surface area contributed by atoms with Crippen molar-refractivity contribution in [2.24, 2.45) is 0 Å². The van der Waals surface area contributed by atoms with Gasteiger partial charge in [0.1, 0.15) is 0 Å². The van der Waals surface area contributed by atoms with Crippen LogP contribution in [-0.2, 0) is 0 Å². The first-order valence-electron chi connectivity index (χ1n) is 3.64. The highest BCUT2D eigenvalue weighted by Crippen LogP contribution is 2.17. The number of hydrogen-bond donors (Lipinski definition) is 2. The van der Waals surface area contributed by atoms with E-state index in [9.17, 15) is 4.79 Å². The highest BCUT2D eigenvalue weighted by Gasteiger charge is 2.00. The third-order valence-electron chi connectivity index (χ3n) is 1.61. The molecule has 5 heteroatoms. The van der Waals surface area contributed by atoms with Gasteiger partial charge >= 0.3 is 5.69 Å². The molecular weight excluding hydrogens is 234 g/mol. The number of halogens is 1. The number of aromatic amines is 2. The molecule has 13 heavy (non-hydrogen) atoms. The Morgan fingerprint density at radius 3 is 2.85 bits per heavy atom. The van der Waals surface area contributed by atoms with Crippen molar-refractivity contribution in [2.45, 2.75) is 0 Å². The second-order valence-electron chi connectivity index (χ2n) is 2.55. The van der Waals surface area contributed by atoms with Crippen molar-refractivity contribution >= 4 is 15.9 Å². The van der Waals surface area contributed by atoms with Crippen LogP contribution in [-0.4, -0.2) is 15.0 Å². The van der Waals surface area contributed by atoms with Crippen molar-refractivity contribution < 1.29 is 0 Å². The van der Waals surface area contributed by atoms with Crippen LogP contribution in [0.15, 0.2) is 33.9 Å². The molecule has 0 spiro atoms. The molecule has 0 saturated heterocycles. The molecule has 0 aromatic carbocycles. The molecule has 66 valence electrons. The lowest BCUT2D eigenvalue weighted by molar-refractivity contribution is 1.19. The Balaban J connectivity index is 2.52. The Labute approximate surface area is 82.2 Å². The van der Waals surface area contributed by atoms with Gasteiger partial charge in [-0.25, -0.2) is 4.79 Å². The highest BCUT2D eigenvalue weighted by atomic mass is 79.9. The van der Waals surface area contributed by atoms with Gasteiger partial charge in [0, 0.05) is 28.6 Å². The molecule has 0 amide bonds. The molecule has 0 unspecified atom stereocenters. The number of hydrogen-bond acceptors (Lipinski definition) is 2. The lowest BCUT2D eigenvalue weighted by Crippen LogP contribution is -1.99. The summed E-state index contributed by atoms with van der Waals surface area (Å²) in [4.78, 5) is 20.0. The second-order valence-corrected chi connectivity index (χ2v) is 3.46. The minimum Gasteiger partial charge on any atom is -0.312 e. The summed E-state index contributed by atoms with van der Waals surface area (Å²) >= 11 is 3.30. The standard InChI is InChI=1S/C8H6BrN3O/c9-6-1-5(2-10-3-6)7-4-11-8(13)12-7/h1-4H,(H2,11,12,13). The lowest BCUT2D eigenvalue weighted by atomic mass is 10.2. The lowest BCUT2D eigenvalue weighted by Gasteiger charge is -1.95. The molecule has 0 fully saturated rings. The van der Waals surface area contributed by atoms with Crippen molar-refractivity contribution in [3.8, 4) is 11.3 Å². The summed E-state index contributed by atoms with van der Waals surface area (Å²) in [6.07, 6.45) is 4.99. The third kappa shape index (κ3) is 1.70. The fraction of sp³-hybridized carbons (Fsp3) is 0. The van der Waals surface area contributed by atoms with Crippen LogP contribution in [0.2, 0.25) is 0 Å². The molecule has 0 radical (unpaired) electrons. The van der Waals surface area contributed by atoms with Crippen molar-refractivity contribution in [3.05, 3.63) is 39.6 Å². The molecule has 2 rings (SSSR count). The molecule has 0 aliphatic rings. The summed E-state index contributed by atoms with van der Waals surface area (Å²) in [5, 5.41) is 0. The average Bonchev–Trinajstić information content (AvgIpc) is 2.52. The van der Waals surface area contributed by atoms with E-state index in [1.54, 1.807) is 18.6 Å². The highest BCUT2D eigenvalue weighted by molar-refractivity contribution is 9.10. The summed E-state index contributed by atoms with van der Waals surface area (Å²) < 4.78 is 0.882. The first kappa shape index (κ1) is 8.25. The summed E-state index contributed by atoms with van der Waals surface area (Å²) in [6, 6.07) is 1.88. The SMILES string of the molecule is O=c1[nH]cc(-c2cncc(Br)c2)[nH]1. The Kier molecular flexibility index (Phi) is 2.02. The van der Waals surface area contributed by atoms with E-state index in [1.165, 1.54) is 0 Å². The molecule has 0 aliphatic carbocycles. The first-order valence-corrected chi connectivity index (χ1v) is 4.43. The van der Waals surface area contributed by atoms with E-state index in [0.29, 0.717) is 0 Å². The zero-order valence-corrected chi connectivity index (χ0v) is 8.13. The van der Waals surface area contributed by atoms with Crippen LogP contribution in [0.5, 0.6) is 0 Å². The van der Waals surface area contributed by atoms with Gasteiger partial charge in [-0.3, -0.25) is 4.98 Å². The van der Waals surface area contributed by atoms with Gasteiger partial charge in [-0.1, -0.05) is 0 Å². The monoisotopic (exact) mass is 239 g/mol. The van der Waals surface area contributed by atoms with Crippen LogP contribution in [0, 0.1) is 0 Å². The van der Waals surface area contributed by atoms with Crippen molar-refractivity contribution in [2.75, 3.05) is 0 Å². The second kappa shape index (κ2) is 3.18. The Bertz CT molecular complexity index is 474. The topological polar surface area (TPSA) is 61.5 Å². The number of aromatic nitrogens is 3. The molecule has 0 saturated carbocycles. The van der Waals surface area contributed by atoms with Crippen molar-refractivity contribution in [3.63, 3.8) is 0 Å². The molecule has 4 nitrogen and oxygen atoms in total. The van der Waals surface area contributed by atoms with E-state index in [1.807, 2.05) is 6.07 Å². The van der Waals surface area contributed by atoms with E-state index >= 15 is 0 Å². The maximum Gasteiger partial charge on any atom is 0.323 e. The van der Waals surface area contributed by atoms with Crippen LogP contribution in [0.3, 0.4) is 0 Å². The van der Waals surface area contributed by atoms with E-state index in [-0.39, 0.29) is 5.69 Å². The van der Waals surface area contributed by atoms with Gasteiger partial charge in [0.15, 0.2) is 0 Å². The quantitative estimate of drug-likeness (QED) is 0.793. The van der Waals surface area contributed by atoms with Crippen LogP contribution >= 0.6 is 15.9 Å². The fourth-order valence-corrected chi connectivity index (χ4v) is 1.41. The smallest absolute Gasteiger partial charge is 0.312 e. The summed E-state index contributed by atoms with van der Waals surface area (Å²) in [5.74, 6) is 0. The molecular formula is C8H6BrN3O. The summed E-state index contributed by atoms with van der Waals surface area (Å²) in [6.45, 7) is 0. The van der Waals surface area contributed by atoms with Crippen LogP contribution in [0.1, 0.15) is 0 Å². The van der Waals surface area contributed by atoms with E-state index in [4.69, 9.17) is 0 Å². The van der Waals surface area contributed by atoms with E-state index in [2.05, 4.69) is 30.9 Å². The molecule has 2 aromatic rings. The minimum absolute atomic E-state index is 0.213. The first-order chi connectivity index (χ1) is 6.25. The number of nitrogens with one attached hydrogen (secondary N) is 2. The Morgan fingerprint density at radius 1 is 1.38 bits per heavy atom. The van der Waals surface area contributed by atoms with Gasteiger partial charge < -0.3 is 9.97 Å². The fourth-order valence-electron chi connectivity index (χ4n) is 1.05.